The van der Waals surface area contributed by atoms with E-state index in [2.05, 4.69) is 0 Å². The summed E-state index contributed by atoms with van der Waals surface area (Å²) in [6.07, 6.45) is 0.163. The Morgan fingerprint density at radius 3 is 2.46 bits per heavy atom. The van der Waals surface area contributed by atoms with E-state index < -0.39 is 11.6 Å². The Balaban J connectivity index is 3.28. The molecule has 0 radical (unpaired) electrons. The Morgan fingerprint density at radius 1 is 1.31 bits per heavy atom. The summed E-state index contributed by atoms with van der Waals surface area (Å²) in [5.41, 5.74) is 0.851. The van der Waals surface area contributed by atoms with Gasteiger partial charge < -0.3 is 5.11 Å². The Hall–Kier alpha value is -0.960. The van der Waals surface area contributed by atoms with Crippen molar-refractivity contribution in [1.82, 2.24) is 0 Å². The highest BCUT2D eigenvalue weighted by atomic mass is 19.1. The van der Waals surface area contributed by atoms with E-state index in [4.69, 9.17) is 5.11 Å². The van der Waals surface area contributed by atoms with Gasteiger partial charge in [-0.05, 0) is 43.0 Å². The summed E-state index contributed by atoms with van der Waals surface area (Å²) in [7, 11) is 0. The average molecular weight is 186 g/mol. The number of aliphatic hydroxyl groups excluding tert-OH is 1. The molecule has 0 aliphatic rings. The van der Waals surface area contributed by atoms with Gasteiger partial charge in [0, 0.05) is 6.61 Å². The lowest BCUT2D eigenvalue weighted by Crippen LogP contribution is -2.03. The highest BCUT2D eigenvalue weighted by molar-refractivity contribution is 5.33. The number of hydrogen-bond donors (Lipinski definition) is 1. The van der Waals surface area contributed by atoms with E-state index in [1.54, 1.807) is 0 Å². The van der Waals surface area contributed by atoms with Gasteiger partial charge in [-0.3, -0.25) is 0 Å². The first kappa shape index (κ1) is 10.1. The number of benzene rings is 1. The molecule has 0 fully saturated rings. The molecule has 72 valence electrons. The Labute approximate surface area is 76.0 Å². The van der Waals surface area contributed by atoms with Crippen LogP contribution < -0.4 is 0 Å². The molecule has 0 unspecified atom stereocenters. The molecule has 0 heterocycles. The topological polar surface area (TPSA) is 20.2 Å². The maximum Gasteiger partial charge on any atom is 0.129 e. The van der Waals surface area contributed by atoms with Gasteiger partial charge in [0.1, 0.15) is 11.6 Å². The number of aryl methyl sites for hydroxylation is 1. The standard InChI is InChI=1S/C10H12F2O/c1-6-5-9(11)7(2)8(3-4-13)10(6)12/h5,13H,3-4H2,1-2H3. The second-order valence-corrected chi connectivity index (χ2v) is 3.07. The van der Waals surface area contributed by atoms with E-state index in [-0.39, 0.29) is 29.7 Å². The predicted octanol–water partition coefficient (Wildman–Crippen LogP) is 2.12. The van der Waals surface area contributed by atoms with Crippen LogP contribution in [-0.4, -0.2) is 11.7 Å². The zero-order valence-corrected chi connectivity index (χ0v) is 7.69. The van der Waals surface area contributed by atoms with Crippen LogP contribution in [0.3, 0.4) is 0 Å². The van der Waals surface area contributed by atoms with Crippen molar-refractivity contribution in [2.24, 2.45) is 0 Å². The Morgan fingerprint density at radius 2 is 1.92 bits per heavy atom. The third-order valence-corrected chi connectivity index (χ3v) is 2.13. The minimum atomic E-state index is -0.414. The second-order valence-electron chi connectivity index (χ2n) is 3.07. The molecule has 0 saturated carbocycles. The van der Waals surface area contributed by atoms with Crippen LogP contribution in [0.25, 0.3) is 0 Å². The first-order valence-corrected chi connectivity index (χ1v) is 4.13. The van der Waals surface area contributed by atoms with Crippen molar-refractivity contribution in [2.45, 2.75) is 20.3 Å². The first-order chi connectivity index (χ1) is 6.07. The van der Waals surface area contributed by atoms with Gasteiger partial charge in [-0.1, -0.05) is 0 Å². The lowest BCUT2D eigenvalue weighted by atomic mass is 10.0. The van der Waals surface area contributed by atoms with Crippen LogP contribution in [0, 0.1) is 25.5 Å². The summed E-state index contributed by atoms with van der Waals surface area (Å²) >= 11 is 0. The lowest BCUT2D eigenvalue weighted by Gasteiger charge is -2.09. The SMILES string of the molecule is Cc1cc(F)c(C)c(CCO)c1F. The maximum absolute atomic E-state index is 13.4. The van der Waals surface area contributed by atoms with Gasteiger partial charge in [0.25, 0.3) is 0 Å². The van der Waals surface area contributed by atoms with Crippen molar-refractivity contribution < 1.29 is 13.9 Å². The summed E-state index contributed by atoms with van der Waals surface area (Å²) in [5, 5.41) is 8.66. The van der Waals surface area contributed by atoms with Gasteiger partial charge in [0.2, 0.25) is 0 Å². The Kier molecular flexibility index (Phi) is 2.98. The van der Waals surface area contributed by atoms with Gasteiger partial charge in [-0.2, -0.15) is 0 Å². The quantitative estimate of drug-likeness (QED) is 0.750. The van der Waals surface area contributed by atoms with Crippen LogP contribution in [-0.2, 0) is 6.42 Å². The molecule has 0 amide bonds. The van der Waals surface area contributed by atoms with Crippen molar-refractivity contribution in [1.29, 1.82) is 0 Å². The zero-order chi connectivity index (χ0) is 10.0. The van der Waals surface area contributed by atoms with E-state index in [1.165, 1.54) is 19.9 Å². The fraction of sp³-hybridized carbons (Fsp3) is 0.400. The van der Waals surface area contributed by atoms with Crippen LogP contribution >= 0.6 is 0 Å². The van der Waals surface area contributed by atoms with Crippen LogP contribution in [0.2, 0.25) is 0 Å². The van der Waals surface area contributed by atoms with Crippen molar-refractivity contribution >= 4 is 0 Å². The molecule has 0 bridgehead atoms. The molecule has 1 aromatic carbocycles. The fourth-order valence-electron chi connectivity index (χ4n) is 1.32. The third kappa shape index (κ3) is 1.86. The van der Waals surface area contributed by atoms with E-state index in [0.717, 1.165) is 0 Å². The summed E-state index contributed by atoms with van der Waals surface area (Å²) < 4.78 is 26.4. The zero-order valence-electron chi connectivity index (χ0n) is 7.69. The highest BCUT2D eigenvalue weighted by Gasteiger charge is 2.12. The fourth-order valence-corrected chi connectivity index (χ4v) is 1.32. The lowest BCUT2D eigenvalue weighted by molar-refractivity contribution is 0.297. The molecule has 0 saturated heterocycles. The van der Waals surface area contributed by atoms with Crippen LogP contribution in [0.1, 0.15) is 16.7 Å². The van der Waals surface area contributed by atoms with E-state index in [9.17, 15) is 8.78 Å². The molecular weight excluding hydrogens is 174 g/mol. The monoisotopic (exact) mass is 186 g/mol. The minimum absolute atomic E-state index is 0.163. The molecule has 13 heavy (non-hydrogen) atoms. The number of aliphatic hydroxyl groups is 1. The first-order valence-electron chi connectivity index (χ1n) is 4.13. The molecule has 1 rings (SSSR count). The summed E-state index contributed by atoms with van der Waals surface area (Å²) in [6, 6.07) is 1.17. The molecule has 1 nitrogen and oxygen atoms in total. The summed E-state index contributed by atoms with van der Waals surface area (Å²) in [5.74, 6) is -0.824. The molecule has 3 heteroatoms. The molecule has 0 aromatic heterocycles. The number of rotatable bonds is 2. The van der Waals surface area contributed by atoms with Crippen LogP contribution in [0.5, 0.6) is 0 Å². The third-order valence-electron chi connectivity index (χ3n) is 2.13. The average Bonchev–Trinajstić information content (AvgIpc) is 2.09. The molecule has 0 atom stereocenters. The predicted molar refractivity (Wildman–Crippen MR) is 46.6 cm³/mol. The highest BCUT2D eigenvalue weighted by Crippen LogP contribution is 2.20. The molecule has 0 aliphatic heterocycles. The minimum Gasteiger partial charge on any atom is -0.396 e. The van der Waals surface area contributed by atoms with E-state index in [1.807, 2.05) is 0 Å². The molecular formula is C10H12F2O. The van der Waals surface area contributed by atoms with Gasteiger partial charge in [-0.25, -0.2) is 8.78 Å². The van der Waals surface area contributed by atoms with Crippen molar-refractivity contribution in [3.05, 3.63) is 34.4 Å². The molecule has 0 spiro atoms. The van der Waals surface area contributed by atoms with Gasteiger partial charge in [0.15, 0.2) is 0 Å². The van der Waals surface area contributed by atoms with Crippen molar-refractivity contribution in [3.8, 4) is 0 Å². The maximum atomic E-state index is 13.4. The van der Waals surface area contributed by atoms with Crippen molar-refractivity contribution in [2.75, 3.05) is 6.61 Å². The van der Waals surface area contributed by atoms with Gasteiger partial charge in [0.05, 0.1) is 0 Å². The van der Waals surface area contributed by atoms with Crippen LogP contribution in [0.4, 0.5) is 8.78 Å². The second kappa shape index (κ2) is 3.83. The Bertz CT molecular complexity index is 295. The van der Waals surface area contributed by atoms with E-state index >= 15 is 0 Å². The molecule has 0 aliphatic carbocycles. The number of hydrogen-bond acceptors (Lipinski definition) is 1. The largest absolute Gasteiger partial charge is 0.396 e. The van der Waals surface area contributed by atoms with E-state index in [0.29, 0.717) is 0 Å². The summed E-state index contributed by atoms with van der Waals surface area (Å²) in [6.45, 7) is 2.86. The van der Waals surface area contributed by atoms with Gasteiger partial charge >= 0.3 is 0 Å². The normalized spacial score (nSPS) is 10.5. The number of halogens is 2. The smallest absolute Gasteiger partial charge is 0.129 e. The van der Waals surface area contributed by atoms with Gasteiger partial charge in [-0.15, -0.1) is 0 Å². The van der Waals surface area contributed by atoms with Crippen molar-refractivity contribution in [3.63, 3.8) is 0 Å². The molecule has 1 aromatic rings. The van der Waals surface area contributed by atoms with Crippen LogP contribution in [0.15, 0.2) is 6.07 Å². The summed E-state index contributed by atoms with van der Waals surface area (Å²) in [4.78, 5) is 0. The molecule has 1 N–H and O–H groups in total.